The average Bonchev–Trinajstić information content (AvgIpc) is 2.96. The maximum atomic E-state index is 12.4. The Bertz CT molecular complexity index is 1000. The van der Waals surface area contributed by atoms with Gasteiger partial charge in [0.05, 0.1) is 37.5 Å². The van der Waals surface area contributed by atoms with Crippen LogP contribution in [0.4, 0.5) is 0 Å². The molecule has 12 atom stereocenters. The molecule has 2 aliphatic rings. The Morgan fingerprint density at radius 2 is 1.26 bits per heavy atom. The minimum Gasteiger partial charge on any atom is -0.477 e. The van der Waals surface area contributed by atoms with E-state index in [2.05, 4.69) is 0 Å². The van der Waals surface area contributed by atoms with E-state index >= 15 is 0 Å². The highest BCUT2D eigenvalue weighted by Gasteiger charge is 2.59. The van der Waals surface area contributed by atoms with Gasteiger partial charge in [0.25, 0.3) is 11.6 Å². The lowest BCUT2D eigenvalue weighted by Crippen LogP contribution is -2.70. The molecule has 2 saturated heterocycles. The molecule has 21 nitrogen and oxygen atoms in total. The van der Waals surface area contributed by atoms with E-state index in [9.17, 15) is 70.2 Å². The van der Waals surface area contributed by atoms with Gasteiger partial charge < -0.3 is 86.1 Å². The second-order valence-corrected chi connectivity index (χ2v) is 9.93. The molecule has 2 heterocycles. The highest BCUT2D eigenvalue weighted by Crippen LogP contribution is 2.37. The van der Waals surface area contributed by atoms with Crippen LogP contribution >= 0.6 is 0 Å². The summed E-state index contributed by atoms with van der Waals surface area (Å²) in [4.78, 5) is 47.7. The molecular formula is C22H36N2O19. The third-order valence-corrected chi connectivity index (χ3v) is 6.92. The summed E-state index contributed by atoms with van der Waals surface area (Å²) >= 11 is 0. The first-order valence-electron chi connectivity index (χ1n) is 12.7. The van der Waals surface area contributed by atoms with Crippen molar-refractivity contribution in [3.05, 3.63) is 0 Å². The summed E-state index contributed by atoms with van der Waals surface area (Å²) < 4.78 is 15.7. The van der Waals surface area contributed by atoms with Crippen molar-refractivity contribution in [1.82, 2.24) is 10.6 Å². The molecule has 2 fully saturated rings. The topological polar surface area (TPSA) is 363 Å². The molecule has 0 aromatic carbocycles. The van der Waals surface area contributed by atoms with E-state index in [1.807, 2.05) is 10.6 Å². The lowest BCUT2D eigenvalue weighted by atomic mass is 9.87. The number of ether oxygens (including phenoxy) is 3. The van der Waals surface area contributed by atoms with Crippen LogP contribution < -0.4 is 10.6 Å². The second kappa shape index (κ2) is 14.9. The number of aliphatic hydroxyl groups is 10. The van der Waals surface area contributed by atoms with Crippen molar-refractivity contribution >= 4 is 23.8 Å². The van der Waals surface area contributed by atoms with Crippen LogP contribution in [-0.4, -0.2) is 184 Å². The van der Waals surface area contributed by atoms with Crippen LogP contribution in [0, 0.1) is 0 Å². The van der Waals surface area contributed by atoms with E-state index in [0.717, 1.165) is 0 Å². The van der Waals surface area contributed by atoms with Crippen molar-refractivity contribution in [2.45, 2.75) is 85.3 Å². The Morgan fingerprint density at radius 3 is 1.67 bits per heavy atom. The first-order valence-corrected chi connectivity index (χ1v) is 12.7. The third kappa shape index (κ3) is 8.10. The maximum absolute atomic E-state index is 12.4. The maximum Gasteiger partial charge on any atom is 0.364 e. The van der Waals surface area contributed by atoms with Gasteiger partial charge in [0.15, 0.2) is 0 Å². The molecule has 21 heteroatoms. The Hall–Kier alpha value is -2.64. The summed E-state index contributed by atoms with van der Waals surface area (Å²) in [6.07, 6.45) is -19.4. The second-order valence-electron chi connectivity index (χ2n) is 9.93. The normalized spacial score (nSPS) is 35.7. The van der Waals surface area contributed by atoms with Gasteiger partial charge in [-0.25, -0.2) is 9.59 Å². The van der Waals surface area contributed by atoms with Crippen LogP contribution in [0.25, 0.3) is 0 Å². The number of amides is 2. The number of carboxylic acids is 2. The van der Waals surface area contributed by atoms with Crippen LogP contribution in [0.5, 0.6) is 0 Å². The highest BCUT2D eigenvalue weighted by molar-refractivity contribution is 5.79. The summed E-state index contributed by atoms with van der Waals surface area (Å²) in [5, 5.41) is 124. The van der Waals surface area contributed by atoms with Gasteiger partial charge in [-0.1, -0.05) is 0 Å². The number of hydrogen-bond donors (Lipinski definition) is 14. The molecule has 0 bridgehead atoms. The molecule has 43 heavy (non-hydrogen) atoms. The number of rotatable bonds is 14. The lowest BCUT2D eigenvalue weighted by Gasteiger charge is -2.49. The Balaban J connectivity index is 2.51. The van der Waals surface area contributed by atoms with Crippen LogP contribution in [-0.2, 0) is 33.4 Å². The molecule has 2 aliphatic heterocycles. The predicted octanol–water partition coefficient (Wildman–Crippen LogP) is -8.75. The monoisotopic (exact) mass is 632 g/mol. The largest absolute Gasteiger partial charge is 0.477 e. The number of nitrogens with one attached hydrogen (secondary N) is 2. The first kappa shape index (κ1) is 36.6. The fourth-order valence-corrected chi connectivity index (χ4v) is 4.72. The molecular weight excluding hydrogens is 596 g/mol. The van der Waals surface area contributed by atoms with Gasteiger partial charge in [-0.2, -0.15) is 0 Å². The number of aliphatic carboxylic acids is 2. The molecule has 0 aromatic rings. The van der Waals surface area contributed by atoms with Crippen molar-refractivity contribution in [3.8, 4) is 0 Å². The number of carbonyl (C=O) groups is 4. The molecule has 0 aromatic heterocycles. The van der Waals surface area contributed by atoms with Crippen LogP contribution in [0.15, 0.2) is 0 Å². The summed E-state index contributed by atoms with van der Waals surface area (Å²) in [6, 6.07) is -3.53. The predicted molar refractivity (Wildman–Crippen MR) is 129 cm³/mol. The van der Waals surface area contributed by atoms with Crippen molar-refractivity contribution < 1.29 is 94.7 Å². The minimum absolute atomic E-state index is 1.06. The van der Waals surface area contributed by atoms with Gasteiger partial charge >= 0.3 is 11.9 Å². The van der Waals surface area contributed by atoms with Crippen molar-refractivity contribution in [2.24, 2.45) is 0 Å². The Kier molecular flexibility index (Phi) is 12.7. The SMILES string of the molecule is O=C(CO)N[C@H]1[C@H]([C@H](O)[C@H](O)CO)O[C@@](O[C@H](CO)[C@@H](O)[C@@H]2OC(O)(C(=O)O)C[C@H](O)[C@H]2NC(=O)CO)(C(=O)O)C[C@@H]1O. The van der Waals surface area contributed by atoms with Gasteiger partial charge in [0.2, 0.25) is 11.8 Å². The Labute approximate surface area is 241 Å². The zero-order chi connectivity index (χ0) is 32.9. The highest BCUT2D eigenvalue weighted by atomic mass is 16.7. The van der Waals surface area contributed by atoms with E-state index < -0.39 is 136 Å². The van der Waals surface area contributed by atoms with Gasteiger partial charge in [0.1, 0.15) is 49.8 Å². The van der Waals surface area contributed by atoms with Crippen molar-refractivity contribution in [2.75, 3.05) is 26.4 Å². The first-order chi connectivity index (χ1) is 20.0. The van der Waals surface area contributed by atoms with Crippen molar-refractivity contribution in [3.63, 3.8) is 0 Å². The standard InChI is InChI=1S/C22H36N2O19/c25-3-9(31)15(34)17-14(24-12(33)6-28)8(30)2-22(43-17,20(38)39)41-10(4-26)16(35)18-13(23-11(32)5-27)7(29)1-21(40,42-18)19(36)37/h7-10,13-18,25-31,34-35,40H,1-6H2,(H,23,32)(H,24,33)(H,36,37)(H,38,39)/t7-,8-,9+,10+,13+,14+,15+,16+,17+,18+,21?,22+/m0/s1. The van der Waals surface area contributed by atoms with Gasteiger partial charge in [-0.05, 0) is 0 Å². The van der Waals surface area contributed by atoms with E-state index in [0.29, 0.717) is 0 Å². The zero-order valence-corrected chi connectivity index (χ0v) is 22.2. The van der Waals surface area contributed by atoms with E-state index in [1.54, 1.807) is 0 Å². The van der Waals surface area contributed by atoms with Crippen LogP contribution in [0.3, 0.4) is 0 Å². The molecule has 14 N–H and O–H groups in total. The fourth-order valence-electron chi connectivity index (χ4n) is 4.72. The summed E-state index contributed by atoms with van der Waals surface area (Å²) in [5.74, 6) is -12.7. The summed E-state index contributed by atoms with van der Waals surface area (Å²) in [5.41, 5.74) is 0. The molecule has 0 aliphatic carbocycles. The average molecular weight is 633 g/mol. The number of aliphatic hydroxyl groups excluding tert-OH is 9. The molecule has 0 radical (unpaired) electrons. The van der Waals surface area contributed by atoms with E-state index in [-0.39, 0.29) is 0 Å². The molecule has 2 amide bonds. The smallest absolute Gasteiger partial charge is 0.364 e. The van der Waals surface area contributed by atoms with Gasteiger partial charge in [-0.15, -0.1) is 0 Å². The fraction of sp³-hybridized carbons (Fsp3) is 0.818. The summed E-state index contributed by atoms with van der Waals surface area (Å²) in [6.45, 7) is -4.74. The molecule has 2 rings (SSSR count). The lowest BCUT2D eigenvalue weighted by molar-refractivity contribution is -0.342. The molecule has 0 saturated carbocycles. The quantitative estimate of drug-likeness (QED) is 0.0844. The van der Waals surface area contributed by atoms with Gasteiger partial charge in [-0.3, -0.25) is 9.59 Å². The number of carboxylic acid groups (broad SMARTS) is 2. The summed E-state index contributed by atoms with van der Waals surface area (Å²) in [7, 11) is 0. The Morgan fingerprint density at radius 1 is 0.767 bits per heavy atom. The minimum atomic E-state index is -3.18. The number of carbonyl (C=O) groups excluding carboxylic acids is 2. The molecule has 1 unspecified atom stereocenters. The van der Waals surface area contributed by atoms with Crippen molar-refractivity contribution in [1.29, 1.82) is 0 Å². The molecule has 248 valence electrons. The number of hydrogen-bond acceptors (Lipinski definition) is 17. The molecule has 0 spiro atoms. The van der Waals surface area contributed by atoms with E-state index in [4.69, 9.17) is 24.4 Å². The van der Waals surface area contributed by atoms with Crippen LogP contribution in [0.1, 0.15) is 12.8 Å². The zero-order valence-electron chi connectivity index (χ0n) is 22.2. The van der Waals surface area contributed by atoms with E-state index in [1.165, 1.54) is 0 Å². The third-order valence-electron chi connectivity index (χ3n) is 6.92. The van der Waals surface area contributed by atoms with Crippen LogP contribution in [0.2, 0.25) is 0 Å². The van der Waals surface area contributed by atoms with Gasteiger partial charge in [0, 0.05) is 12.8 Å².